The first-order valence-corrected chi connectivity index (χ1v) is 7.16. The number of aliphatic hydroxyl groups excluding tert-OH is 1. The van der Waals surface area contributed by atoms with E-state index in [-0.39, 0.29) is 12.6 Å². The van der Waals surface area contributed by atoms with Crippen molar-refractivity contribution < 1.29 is 9.84 Å². The van der Waals surface area contributed by atoms with Gasteiger partial charge >= 0.3 is 0 Å². The van der Waals surface area contributed by atoms with Gasteiger partial charge < -0.3 is 15.2 Å². The van der Waals surface area contributed by atoms with Crippen molar-refractivity contribution >= 4 is 0 Å². The van der Waals surface area contributed by atoms with Crippen molar-refractivity contribution in [3.05, 3.63) is 59.9 Å². The van der Waals surface area contributed by atoms with Crippen LogP contribution in [-0.2, 0) is 0 Å². The third-order valence-corrected chi connectivity index (χ3v) is 3.31. The summed E-state index contributed by atoms with van der Waals surface area (Å²) in [5.41, 5.74) is 2.29. The van der Waals surface area contributed by atoms with E-state index < -0.39 is 6.10 Å². The second-order valence-electron chi connectivity index (χ2n) is 5.19. The maximum Gasteiger partial charge on any atom is 0.119 e. The summed E-state index contributed by atoms with van der Waals surface area (Å²) < 4.78 is 5.56. The summed E-state index contributed by atoms with van der Waals surface area (Å²) in [7, 11) is 0. The molecule has 0 saturated carbocycles. The van der Waals surface area contributed by atoms with E-state index in [0.29, 0.717) is 6.54 Å². The first kappa shape index (κ1) is 15.5. The summed E-state index contributed by atoms with van der Waals surface area (Å²) in [5.74, 6) is 0.778. The summed E-state index contributed by atoms with van der Waals surface area (Å²) in [6.07, 6.45) is 3.03. The van der Waals surface area contributed by atoms with Gasteiger partial charge in [-0.25, -0.2) is 0 Å². The molecular weight excluding hydrogens is 264 g/mol. The van der Waals surface area contributed by atoms with Crippen molar-refractivity contribution in [2.24, 2.45) is 0 Å². The van der Waals surface area contributed by atoms with Gasteiger partial charge in [-0.3, -0.25) is 4.98 Å². The molecule has 0 fully saturated rings. The van der Waals surface area contributed by atoms with Gasteiger partial charge in [-0.05, 0) is 37.6 Å². The minimum atomic E-state index is -0.551. The number of pyridine rings is 1. The molecule has 4 nitrogen and oxygen atoms in total. The van der Waals surface area contributed by atoms with Gasteiger partial charge in [0.1, 0.15) is 18.5 Å². The molecular formula is C17H22N2O2. The number of rotatable bonds is 7. The van der Waals surface area contributed by atoms with Crippen LogP contribution in [0.25, 0.3) is 0 Å². The number of nitrogens with zero attached hydrogens (tertiary/aromatic N) is 1. The number of aromatic nitrogens is 1. The maximum absolute atomic E-state index is 9.96. The van der Waals surface area contributed by atoms with Gasteiger partial charge in [0.05, 0.1) is 0 Å². The molecule has 21 heavy (non-hydrogen) atoms. The highest BCUT2D eigenvalue weighted by atomic mass is 16.5. The molecule has 4 heteroatoms. The minimum Gasteiger partial charge on any atom is -0.491 e. The molecule has 2 atom stereocenters. The van der Waals surface area contributed by atoms with Gasteiger partial charge in [0.25, 0.3) is 0 Å². The molecule has 0 bridgehead atoms. The Morgan fingerprint density at radius 1 is 1.24 bits per heavy atom. The van der Waals surface area contributed by atoms with Crippen molar-refractivity contribution in [3.8, 4) is 5.75 Å². The zero-order valence-electron chi connectivity index (χ0n) is 12.5. The van der Waals surface area contributed by atoms with Crippen LogP contribution in [-0.4, -0.2) is 29.3 Å². The summed E-state index contributed by atoms with van der Waals surface area (Å²) in [6, 6.07) is 11.9. The van der Waals surface area contributed by atoms with Gasteiger partial charge in [-0.1, -0.05) is 23.8 Å². The molecule has 0 aliphatic heterocycles. The van der Waals surface area contributed by atoms with Gasteiger partial charge in [0, 0.05) is 25.0 Å². The first-order valence-electron chi connectivity index (χ1n) is 7.16. The van der Waals surface area contributed by atoms with E-state index in [0.717, 1.165) is 11.3 Å². The molecule has 2 rings (SSSR count). The van der Waals surface area contributed by atoms with E-state index in [4.69, 9.17) is 4.74 Å². The van der Waals surface area contributed by atoms with E-state index in [2.05, 4.69) is 10.3 Å². The monoisotopic (exact) mass is 286 g/mol. The molecule has 1 aromatic carbocycles. The number of hydrogen-bond donors (Lipinski definition) is 2. The lowest BCUT2D eigenvalue weighted by Crippen LogP contribution is -2.33. The highest BCUT2D eigenvalue weighted by molar-refractivity contribution is 5.26. The standard InChI is InChI=1S/C17H22N2O2/c1-13-5-7-17(8-6-13)21-12-16(20)11-19-14(2)15-4-3-9-18-10-15/h3-10,14,16,19-20H,11-12H2,1-2H3. The van der Waals surface area contributed by atoms with Crippen molar-refractivity contribution in [1.29, 1.82) is 0 Å². The Balaban J connectivity index is 1.72. The van der Waals surface area contributed by atoms with Crippen LogP contribution in [0, 0.1) is 6.92 Å². The molecule has 0 amide bonds. The number of ether oxygens (including phenoxy) is 1. The molecule has 0 radical (unpaired) electrons. The lowest BCUT2D eigenvalue weighted by atomic mass is 10.1. The largest absolute Gasteiger partial charge is 0.491 e. The van der Waals surface area contributed by atoms with Gasteiger partial charge in [-0.15, -0.1) is 0 Å². The average Bonchev–Trinajstić information content (AvgIpc) is 2.53. The van der Waals surface area contributed by atoms with Crippen molar-refractivity contribution in [3.63, 3.8) is 0 Å². The molecule has 0 aliphatic rings. The van der Waals surface area contributed by atoms with E-state index >= 15 is 0 Å². The van der Waals surface area contributed by atoms with Crippen molar-refractivity contribution in [2.45, 2.75) is 26.0 Å². The van der Waals surface area contributed by atoms with Gasteiger partial charge in [0.2, 0.25) is 0 Å². The molecule has 0 saturated heterocycles. The molecule has 1 aromatic heterocycles. The predicted octanol–water partition coefficient (Wildman–Crippen LogP) is 2.48. The van der Waals surface area contributed by atoms with Crippen LogP contribution < -0.4 is 10.1 Å². The van der Waals surface area contributed by atoms with Gasteiger partial charge in [-0.2, -0.15) is 0 Å². The summed E-state index contributed by atoms with van der Waals surface area (Å²) in [4.78, 5) is 4.09. The zero-order valence-corrected chi connectivity index (χ0v) is 12.5. The van der Waals surface area contributed by atoms with Crippen molar-refractivity contribution in [2.75, 3.05) is 13.2 Å². The molecule has 0 aliphatic carbocycles. The van der Waals surface area contributed by atoms with Crippen LogP contribution in [0.2, 0.25) is 0 Å². The fourth-order valence-corrected chi connectivity index (χ4v) is 1.95. The Morgan fingerprint density at radius 2 is 2.00 bits per heavy atom. The predicted molar refractivity (Wildman–Crippen MR) is 83.3 cm³/mol. The topological polar surface area (TPSA) is 54.4 Å². The highest BCUT2D eigenvalue weighted by Gasteiger charge is 2.09. The number of aliphatic hydroxyl groups is 1. The molecule has 0 spiro atoms. The Hall–Kier alpha value is -1.91. The smallest absolute Gasteiger partial charge is 0.119 e. The molecule has 2 N–H and O–H groups in total. The van der Waals surface area contributed by atoms with E-state index in [1.54, 1.807) is 6.20 Å². The van der Waals surface area contributed by atoms with E-state index in [1.165, 1.54) is 5.56 Å². The summed E-state index contributed by atoms with van der Waals surface area (Å²) in [6.45, 7) is 4.82. The number of nitrogens with one attached hydrogen (secondary N) is 1. The summed E-state index contributed by atoms with van der Waals surface area (Å²) >= 11 is 0. The quantitative estimate of drug-likeness (QED) is 0.821. The summed E-state index contributed by atoms with van der Waals surface area (Å²) in [5, 5.41) is 13.2. The van der Waals surface area contributed by atoms with E-state index in [1.807, 2.05) is 56.4 Å². The second kappa shape index (κ2) is 7.76. The number of hydrogen-bond acceptors (Lipinski definition) is 4. The number of benzene rings is 1. The minimum absolute atomic E-state index is 0.146. The van der Waals surface area contributed by atoms with Crippen molar-refractivity contribution in [1.82, 2.24) is 10.3 Å². The SMILES string of the molecule is Cc1ccc(OCC(O)CNC(C)c2cccnc2)cc1. The molecule has 112 valence electrons. The maximum atomic E-state index is 9.96. The Bertz CT molecular complexity index is 528. The van der Waals surface area contributed by atoms with E-state index in [9.17, 15) is 5.11 Å². The Morgan fingerprint density at radius 3 is 2.67 bits per heavy atom. The van der Waals surface area contributed by atoms with Crippen LogP contribution >= 0.6 is 0 Å². The zero-order chi connectivity index (χ0) is 15.1. The molecule has 2 aromatic rings. The third kappa shape index (κ3) is 5.17. The molecule has 2 unspecified atom stereocenters. The fourth-order valence-electron chi connectivity index (χ4n) is 1.95. The normalized spacial score (nSPS) is 13.7. The first-order chi connectivity index (χ1) is 10.1. The van der Waals surface area contributed by atoms with Crippen LogP contribution in [0.1, 0.15) is 24.1 Å². The third-order valence-electron chi connectivity index (χ3n) is 3.31. The average molecular weight is 286 g/mol. The molecule has 1 heterocycles. The highest BCUT2D eigenvalue weighted by Crippen LogP contribution is 2.12. The van der Waals surface area contributed by atoms with Crippen LogP contribution in [0.4, 0.5) is 0 Å². The number of aryl methyl sites for hydroxylation is 1. The van der Waals surface area contributed by atoms with Crippen LogP contribution in [0.3, 0.4) is 0 Å². The lowest BCUT2D eigenvalue weighted by molar-refractivity contribution is 0.104. The Labute approximate surface area is 125 Å². The van der Waals surface area contributed by atoms with Gasteiger partial charge in [0.15, 0.2) is 0 Å². The lowest BCUT2D eigenvalue weighted by Gasteiger charge is -2.17. The Kier molecular flexibility index (Phi) is 5.72. The van der Waals surface area contributed by atoms with Crippen LogP contribution in [0.5, 0.6) is 5.75 Å². The fraction of sp³-hybridized carbons (Fsp3) is 0.353. The second-order valence-corrected chi connectivity index (χ2v) is 5.19. The van der Waals surface area contributed by atoms with Crippen LogP contribution in [0.15, 0.2) is 48.8 Å².